The van der Waals surface area contributed by atoms with Crippen LogP contribution in [0.5, 0.6) is 0 Å². The van der Waals surface area contributed by atoms with E-state index in [1.165, 1.54) is 12.8 Å². The number of likely N-dealkylation sites (tertiary alicyclic amines) is 1. The minimum atomic E-state index is 0.499. The maximum Gasteiger partial charge on any atom is 0.162 e. The SMILES string of the molecule is CCC1CCN(Cc2nc(Cl)c3cnn(C)c3n2)C1. The van der Waals surface area contributed by atoms with Crippen molar-refractivity contribution in [2.45, 2.75) is 26.3 Å². The Balaban J connectivity index is 1.83. The summed E-state index contributed by atoms with van der Waals surface area (Å²) < 4.78 is 1.74. The first-order chi connectivity index (χ1) is 9.17. The zero-order chi connectivity index (χ0) is 13.4. The molecule has 0 radical (unpaired) electrons. The van der Waals surface area contributed by atoms with Gasteiger partial charge in [-0.2, -0.15) is 5.10 Å². The van der Waals surface area contributed by atoms with Crippen molar-refractivity contribution in [3.8, 4) is 0 Å². The second-order valence-electron chi connectivity index (χ2n) is 5.23. The van der Waals surface area contributed by atoms with Crippen LogP contribution in [0.4, 0.5) is 0 Å². The van der Waals surface area contributed by atoms with Crippen LogP contribution in [-0.2, 0) is 13.6 Å². The molecule has 1 unspecified atom stereocenters. The van der Waals surface area contributed by atoms with Crippen LogP contribution in [0.25, 0.3) is 11.0 Å². The second-order valence-corrected chi connectivity index (χ2v) is 5.59. The molecule has 2 aromatic heterocycles. The van der Waals surface area contributed by atoms with E-state index in [-0.39, 0.29) is 0 Å². The van der Waals surface area contributed by atoms with E-state index in [1.54, 1.807) is 10.9 Å². The van der Waals surface area contributed by atoms with Crippen LogP contribution in [0.1, 0.15) is 25.6 Å². The zero-order valence-electron chi connectivity index (χ0n) is 11.3. The predicted octanol–water partition coefficient (Wildman–Crippen LogP) is 2.25. The highest BCUT2D eigenvalue weighted by molar-refractivity contribution is 6.33. The number of halogens is 1. The molecule has 1 saturated heterocycles. The topological polar surface area (TPSA) is 46.8 Å². The van der Waals surface area contributed by atoms with Gasteiger partial charge in [-0.05, 0) is 18.9 Å². The third kappa shape index (κ3) is 2.44. The number of aryl methyl sites for hydroxylation is 1. The standard InChI is InChI=1S/C13H18ClN5/c1-3-9-4-5-19(7-9)8-11-16-12(14)10-6-15-18(2)13(10)17-11/h6,9H,3-5,7-8H2,1-2H3. The van der Waals surface area contributed by atoms with Crippen LogP contribution in [0.2, 0.25) is 5.15 Å². The van der Waals surface area contributed by atoms with Crippen LogP contribution in [0.3, 0.4) is 0 Å². The number of rotatable bonds is 3. The molecule has 6 heteroatoms. The van der Waals surface area contributed by atoms with Crippen molar-refractivity contribution >= 4 is 22.6 Å². The van der Waals surface area contributed by atoms with Crippen molar-refractivity contribution in [3.63, 3.8) is 0 Å². The van der Waals surface area contributed by atoms with Crippen molar-refractivity contribution in [2.24, 2.45) is 13.0 Å². The number of hydrogen-bond acceptors (Lipinski definition) is 4. The average Bonchev–Trinajstić information content (AvgIpc) is 2.98. The lowest BCUT2D eigenvalue weighted by Crippen LogP contribution is -2.21. The fraction of sp³-hybridized carbons (Fsp3) is 0.615. The highest BCUT2D eigenvalue weighted by Crippen LogP contribution is 2.23. The van der Waals surface area contributed by atoms with E-state index in [4.69, 9.17) is 11.6 Å². The summed E-state index contributed by atoms with van der Waals surface area (Å²) in [5.41, 5.74) is 0.807. The number of fused-ring (bicyclic) bond motifs is 1. The quantitative estimate of drug-likeness (QED) is 0.809. The van der Waals surface area contributed by atoms with E-state index in [0.717, 1.165) is 42.4 Å². The van der Waals surface area contributed by atoms with Gasteiger partial charge >= 0.3 is 0 Å². The molecule has 1 fully saturated rings. The molecule has 5 nitrogen and oxygen atoms in total. The van der Waals surface area contributed by atoms with Crippen molar-refractivity contribution in [2.75, 3.05) is 13.1 Å². The molecular weight excluding hydrogens is 262 g/mol. The van der Waals surface area contributed by atoms with E-state index in [9.17, 15) is 0 Å². The summed E-state index contributed by atoms with van der Waals surface area (Å²) in [5, 5.41) is 5.49. The largest absolute Gasteiger partial charge is 0.296 e. The minimum Gasteiger partial charge on any atom is -0.296 e. The van der Waals surface area contributed by atoms with Gasteiger partial charge in [0.25, 0.3) is 0 Å². The van der Waals surface area contributed by atoms with Gasteiger partial charge in [0.05, 0.1) is 18.1 Å². The normalized spacial score (nSPS) is 20.5. The smallest absolute Gasteiger partial charge is 0.162 e. The molecule has 0 amide bonds. The average molecular weight is 280 g/mol. The molecule has 1 aliphatic heterocycles. The Morgan fingerprint density at radius 3 is 3.00 bits per heavy atom. The van der Waals surface area contributed by atoms with E-state index in [2.05, 4.69) is 26.9 Å². The summed E-state index contributed by atoms with van der Waals surface area (Å²) in [7, 11) is 1.87. The Morgan fingerprint density at radius 1 is 1.42 bits per heavy atom. The van der Waals surface area contributed by atoms with Crippen molar-refractivity contribution in [1.29, 1.82) is 0 Å². The fourth-order valence-electron chi connectivity index (χ4n) is 2.69. The van der Waals surface area contributed by atoms with Crippen LogP contribution < -0.4 is 0 Å². The van der Waals surface area contributed by atoms with Gasteiger partial charge in [0.15, 0.2) is 5.65 Å². The van der Waals surface area contributed by atoms with Crippen molar-refractivity contribution in [1.82, 2.24) is 24.6 Å². The molecule has 1 aliphatic rings. The molecule has 0 aromatic carbocycles. The monoisotopic (exact) mass is 279 g/mol. The van der Waals surface area contributed by atoms with Gasteiger partial charge in [0.1, 0.15) is 11.0 Å². The third-order valence-electron chi connectivity index (χ3n) is 3.90. The Bertz CT molecular complexity index is 594. The van der Waals surface area contributed by atoms with Gasteiger partial charge in [-0.25, -0.2) is 9.97 Å². The first kappa shape index (κ1) is 12.8. The molecule has 0 spiro atoms. The zero-order valence-corrected chi connectivity index (χ0v) is 12.1. The third-order valence-corrected chi connectivity index (χ3v) is 4.19. The molecule has 0 aliphatic carbocycles. The first-order valence-corrected chi connectivity index (χ1v) is 7.11. The van der Waals surface area contributed by atoms with Gasteiger partial charge in [-0.1, -0.05) is 24.9 Å². The number of aromatic nitrogens is 4. The summed E-state index contributed by atoms with van der Waals surface area (Å²) in [5.74, 6) is 1.61. The molecular formula is C13H18ClN5. The van der Waals surface area contributed by atoms with Gasteiger partial charge in [-0.3, -0.25) is 9.58 Å². The van der Waals surface area contributed by atoms with E-state index in [0.29, 0.717) is 5.15 Å². The summed E-state index contributed by atoms with van der Waals surface area (Å²) in [6.45, 7) is 5.30. The molecule has 0 bridgehead atoms. The van der Waals surface area contributed by atoms with Crippen molar-refractivity contribution < 1.29 is 0 Å². The molecule has 0 saturated carbocycles. The van der Waals surface area contributed by atoms with Gasteiger partial charge in [0.2, 0.25) is 0 Å². The van der Waals surface area contributed by atoms with Crippen LogP contribution >= 0.6 is 11.6 Å². The molecule has 102 valence electrons. The van der Waals surface area contributed by atoms with Crippen LogP contribution in [-0.4, -0.2) is 37.7 Å². The summed E-state index contributed by atoms with van der Waals surface area (Å²) in [4.78, 5) is 11.4. The molecule has 19 heavy (non-hydrogen) atoms. The van der Waals surface area contributed by atoms with Gasteiger partial charge in [0, 0.05) is 13.6 Å². The predicted molar refractivity (Wildman–Crippen MR) is 75.0 cm³/mol. The minimum absolute atomic E-state index is 0.499. The Morgan fingerprint density at radius 2 is 2.26 bits per heavy atom. The number of hydrogen-bond donors (Lipinski definition) is 0. The van der Waals surface area contributed by atoms with E-state index < -0.39 is 0 Å². The van der Waals surface area contributed by atoms with Crippen molar-refractivity contribution in [3.05, 3.63) is 17.2 Å². The highest BCUT2D eigenvalue weighted by atomic mass is 35.5. The lowest BCUT2D eigenvalue weighted by Gasteiger charge is -2.14. The van der Waals surface area contributed by atoms with Gasteiger partial charge < -0.3 is 0 Å². The fourth-order valence-corrected chi connectivity index (χ4v) is 2.92. The summed E-state index contributed by atoms with van der Waals surface area (Å²) in [6.07, 6.45) is 4.24. The maximum atomic E-state index is 6.19. The molecule has 1 atom stereocenters. The molecule has 3 rings (SSSR count). The Kier molecular flexibility index (Phi) is 3.41. The molecule has 0 N–H and O–H groups in total. The lowest BCUT2D eigenvalue weighted by molar-refractivity contribution is 0.307. The first-order valence-electron chi connectivity index (χ1n) is 6.74. The second kappa shape index (κ2) is 5.06. The summed E-state index contributed by atoms with van der Waals surface area (Å²) in [6, 6.07) is 0. The maximum absolute atomic E-state index is 6.19. The Labute approximate surface area is 117 Å². The highest BCUT2D eigenvalue weighted by Gasteiger charge is 2.22. The van der Waals surface area contributed by atoms with Gasteiger partial charge in [-0.15, -0.1) is 0 Å². The van der Waals surface area contributed by atoms with E-state index in [1.807, 2.05) is 7.05 Å². The van der Waals surface area contributed by atoms with E-state index >= 15 is 0 Å². The summed E-state index contributed by atoms with van der Waals surface area (Å²) >= 11 is 6.19. The van der Waals surface area contributed by atoms with Crippen LogP contribution in [0, 0.1) is 5.92 Å². The molecule has 3 heterocycles. The number of nitrogens with zero attached hydrogens (tertiary/aromatic N) is 5. The molecule has 2 aromatic rings. The Hall–Kier alpha value is -1.20. The lowest BCUT2D eigenvalue weighted by atomic mass is 10.1. The van der Waals surface area contributed by atoms with Crippen LogP contribution in [0.15, 0.2) is 6.20 Å².